The van der Waals surface area contributed by atoms with Gasteiger partial charge in [-0.25, -0.2) is 0 Å². The van der Waals surface area contributed by atoms with Crippen molar-refractivity contribution in [3.8, 4) is 0 Å². The lowest BCUT2D eigenvalue weighted by molar-refractivity contribution is -0.137. The summed E-state index contributed by atoms with van der Waals surface area (Å²) >= 11 is 0. The number of carbonyl (C=O) groups is 1. The predicted molar refractivity (Wildman–Crippen MR) is 84.1 cm³/mol. The zero-order valence-electron chi connectivity index (χ0n) is 14.0. The van der Waals surface area contributed by atoms with Crippen molar-refractivity contribution in [3.05, 3.63) is 0 Å². The summed E-state index contributed by atoms with van der Waals surface area (Å²) in [5.41, 5.74) is -0.0838. The molecule has 2 heterocycles. The van der Waals surface area contributed by atoms with Gasteiger partial charge in [0.05, 0.1) is 12.1 Å². The fourth-order valence-electron chi connectivity index (χ4n) is 3.10. The standard InChI is InChI=1S/C16H31N3O2/c1-16(2,3)14(20)12-18-8-10-19(11-9-18)15(21)13-6-5-7-17(13)4/h13-14,20H,5-12H2,1-4H3/t13-,14-/m1/s1. The maximum Gasteiger partial charge on any atom is 0.240 e. The molecule has 2 aliphatic heterocycles. The quantitative estimate of drug-likeness (QED) is 0.830. The van der Waals surface area contributed by atoms with E-state index in [4.69, 9.17) is 0 Å². The molecule has 2 fully saturated rings. The molecule has 0 aromatic heterocycles. The van der Waals surface area contributed by atoms with Gasteiger partial charge in [-0.2, -0.15) is 0 Å². The van der Waals surface area contributed by atoms with Crippen LogP contribution in [0.4, 0.5) is 0 Å². The van der Waals surface area contributed by atoms with Crippen molar-refractivity contribution < 1.29 is 9.90 Å². The van der Waals surface area contributed by atoms with Crippen LogP contribution >= 0.6 is 0 Å². The molecule has 5 heteroatoms. The second-order valence-corrected chi connectivity index (χ2v) is 7.65. The molecule has 0 saturated carbocycles. The summed E-state index contributed by atoms with van der Waals surface area (Å²) in [5.74, 6) is 0.297. The minimum absolute atomic E-state index is 0.0838. The van der Waals surface area contributed by atoms with Gasteiger partial charge < -0.3 is 10.0 Å². The van der Waals surface area contributed by atoms with Crippen molar-refractivity contribution in [2.24, 2.45) is 5.41 Å². The highest BCUT2D eigenvalue weighted by molar-refractivity contribution is 5.82. The SMILES string of the molecule is CN1CCC[C@@H]1C(=O)N1CCN(C[C@@H](O)C(C)(C)C)CC1. The maximum absolute atomic E-state index is 12.5. The highest BCUT2D eigenvalue weighted by Gasteiger charge is 2.33. The van der Waals surface area contributed by atoms with E-state index >= 15 is 0 Å². The Morgan fingerprint density at radius 2 is 1.81 bits per heavy atom. The Kier molecular flexibility index (Phi) is 5.28. The fraction of sp³-hybridized carbons (Fsp3) is 0.938. The summed E-state index contributed by atoms with van der Waals surface area (Å²) < 4.78 is 0. The van der Waals surface area contributed by atoms with Crippen molar-refractivity contribution in [2.75, 3.05) is 46.3 Å². The topological polar surface area (TPSA) is 47.0 Å². The minimum Gasteiger partial charge on any atom is -0.391 e. The number of aliphatic hydroxyl groups excluding tert-OH is 1. The molecular weight excluding hydrogens is 266 g/mol. The first kappa shape index (κ1) is 16.7. The lowest BCUT2D eigenvalue weighted by atomic mass is 9.89. The average molecular weight is 297 g/mol. The van der Waals surface area contributed by atoms with Crippen LogP contribution in [0.1, 0.15) is 33.6 Å². The van der Waals surface area contributed by atoms with E-state index in [1.165, 1.54) is 0 Å². The summed E-state index contributed by atoms with van der Waals surface area (Å²) in [5, 5.41) is 10.2. The summed E-state index contributed by atoms with van der Waals surface area (Å²) in [6, 6.07) is 0.0942. The van der Waals surface area contributed by atoms with E-state index in [9.17, 15) is 9.90 Å². The number of rotatable bonds is 3. The van der Waals surface area contributed by atoms with Crippen LogP contribution in [0.5, 0.6) is 0 Å². The van der Waals surface area contributed by atoms with Gasteiger partial charge in [0.15, 0.2) is 0 Å². The van der Waals surface area contributed by atoms with Crippen molar-refractivity contribution in [2.45, 2.75) is 45.8 Å². The Hall–Kier alpha value is -0.650. The number of aliphatic hydroxyl groups is 1. The Bertz CT molecular complexity index is 359. The molecule has 0 aliphatic carbocycles. The van der Waals surface area contributed by atoms with E-state index < -0.39 is 0 Å². The molecule has 21 heavy (non-hydrogen) atoms. The Morgan fingerprint density at radius 3 is 2.29 bits per heavy atom. The largest absolute Gasteiger partial charge is 0.391 e. The number of hydrogen-bond donors (Lipinski definition) is 1. The second-order valence-electron chi connectivity index (χ2n) is 7.65. The molecule has 2 rings (SSSR count). The number of likely N-dealkylation sites (tertiary alicyclic amines) is 1. The van der Waals surface area contributed by atoms with Crippen LogP contribution in [-0.2, 0) is 4.79 Å². The van der Waals surface area contributed by atoms with E-state index in [0.717, 1.165) is 45.6 Å². The van der Waals surface area contributed by atoms with E-state index in [1.54, 1.807) is 0 Å². The minimum atomic E-state index is -0.319. The van der Waals surface area contributed by atoms with Crippen LogP contribution in [-0.4, -0.2) is 84.2 Å². The molecular formula is C16H31N3O2. The third kappa shape index (κ3) is 4.18. The van der Waals surface area contributed by atoms with E-state index in [0.29, 0.717) is 12.5 Å². The predicted octanol–water partition coefficient (Wildman–Crippen LogP) is 0.632. The summed E-state index contributed by atoms with van der Waals surface area (Å²) in [6.45, 7) is 11.3. The molecule has 0 aromatic rings. The van der Waals surface area contributed by atoms with Gasteiger partial charge in [-0.3, -0.25) is 14.6 Å². The maximum atomic E-state index is 12.5. The van der Waals surface area contributed by atoms with Gasteiger partial charge in [0, 0.05) is 32.7 Å². The van der Waals surface area contributed by atoms with Gasteiger partial charge >= 0.3 is 0 Å². The first-order valence-corrected chi connectivity index (χ1v) is 8.18. The Labute approximate surface area is 128 Å². The Balaban J connectivity index is 1.79. The zero-order valence-corrected chi connectivity index (χ0v) is 14.0. The number of carbonyl (C=O) groups excluding carboxylic acids is 1. The summed E-state index contributed by atoms with van der Waals surface area (Å²) in [7, 11) is 2.05. The molecule has 2 saturated heterocycles. The van der Waals surface area contributed by atoms with Crippen molar-refractivity contribution in [3.63, 3.8) is 0 Å². The fourth-order valence-corrected chi connectivity index (χ4v) is 3.10. The third-order valence-electron chi connectivity index (χ3n) is 4.92. The first-order valence-electron chi connectivity index (χ1n) is 8.18. The van der Waals surface area contributed by atoms with E-state index in [-0.39, 0.29) is 17.6 Å². The zero-order chi connectivity index (χ0) is 15.6. The van der Waals surface area contributed by atoms with Gasteiger partial charge in [0.2, 0.25) is 5.91 Å². The molecule has 0 spiro atoms. The second kappa shape index (κ2) is 6.63. The van der Waals surface area contributed by atoms with Crippen LogP contribution in [0.2, 0.25) is 0 Å². The Morgan fingerprint density at radius 1 is 1.19 bits per heavy atom. The van der Waals surface area contributed by atoms with Gasteiger partial charge in [0.25, 0.3) is 0 Å². The third-order valence-corrected chi connectivity index (χ3v) is 4.92. The van der Waals surface area contributed by atoms with Crippen molar-refractivity contribution in [1.82, 2.24) is 14.7 Å². The number of nitrogens with zero attached hydrogens (tertiary/aromatic N) is 3. The highest BCUT2D eigenvalue weighted by atomic mass is 16.3. The molecule has 5 nitrogen and oxygen atoms in total. The summed E-state index contributed by atoms with van der Waals surface area (Å²) in [6.07, 6.45) is 1.81. The number of β-amino-alcohol motifs (C(OH)–C–C–N with tert-alkyl or cyclic N) is 1. The van der Waals surface area contributed by atoms with E-state index in [2.05, 4.69) is 30.6 Å². The molecule has 2 aliphatic rings. The highest BCUT2D eigenvalue weighted by Crippen LogP contribution is 2.21. The molecule has 0 bridgehead atoms. The average Bonchev–Trinajstić information content (AvgIpc) is 2.84. The molecule has 2 atom stereocenters. The summed E-state index contributed by atoms with van der Waals surface area (Å²) in [4.78, 5) is 19.0. The normalized spacial score (nSPS) is 27.1. The number of piperazine rings is 1. The smallest absolute Gasteiger partial charge is 0.240 e. The molecule has 1 N–H and O–H groups in total. The van der Waals surface area contributed by atoms with Gasteiger partial charge in [-0.05, 0) is 31.8 Å². The number of amides is 1. The van der Waals surface area contributed by atoms with Crippen LogP contribution in [0.15, 0.2) is 0 Å². The van der Waals surface area contributed by atoms with Crippen LogP contribution in [0, 0.1) is 5.41 Å². The molecule has 0 unspecified atom stereocenters. The van der Waals surface area contributed by atoms with Crippen molar-refractivity contribution >= 4 is 5.91 Å². The van der Waals surface area contributed by atoms with Gasteiger partial charge in [-0.1, -0.05) is 20.8 Å². The van der Waals surface area contributed by atoms with Gasteiger partial charge in [0.1, 0.15) is 0 Å². The number of hydrogen-bond acceptors (Lipinski definition) is 4. The van der Waals surface area contributed by atoms with Crippen molar-refractivity contribution in [1.29, 1.82) is 0 Å². The lowest BCUT2D eigenvalue weighted by Gasteiger charge is -2.39. The first-order chi connectivity index (χ1) is 9.79. The molecule has 0 aromatic carbocycles. The molecule has 122 valence electrons. The lowest BCUT2D eigenvalue weighted by Crippen LogP contribution is -2.54. The monoisotopic (exact) mass is 297 g/mol. The van der Waals surface area contributed by atoms with Gasteiger partial charge in [-0.15, -0.1) is 0 Å². The number of likely N-dealkylation sites (N-methyl/N-ethyl adjacent to an activating group) is 1. The van der Waals surface area contributed by atoms with Crippen LogP contribution in [0.25, 0.3) is 0 Å². The van der Waals surface area contributed by atoms with Crippen LogP contribution in [0.3, 0.4) is 0 Å². The molecule has 0 radical (unpaired) electrons. The van der Waals surface area contributed by atoms with Crippen LogP contribution < -0.4 is 0 Å². The van der Waals surface area contributed by atoms with E-state index in [1.807, 2.05) is 11.9 Å². The molecule has 1 amide bonds.